The highest BCUT2D eigenvalue weighted by Crippen LogP contribution is 2.28. The van der Waals surface area contributed by atoms with Gasteiger partial charge >= 0.3 is 0 Å². The molecule has 2 rings (SSSR count). The van der Waals surface area contributed by atoms with Gasteiger partial charge in [-0.25, -0.2) is 4.98 Å². The summed E-state index contributed by atoms with van der Waals surface area (Å²) in [6.45, 7) is 2.70. The predicted octanol–water partition coefficient (Wildman–Crippen LogP) is 2.24. The number of aromatic nitrogens is 2. The van der Waals surface area contributed by atoms with Gasteiger partial charge in [-0.1, -0.05) is 17.8 Å². The first-order valence-electron chi connectivity index (χ1n) is 5.77. The fourth-order valence-electron chi connectivity index (χ4n) is 1.72. The molecule has 2 N–H and O–H groups in total. The quantitative estimate of drug-likeness (QED) is 0.841. The number of benzene rings is 1. The van der Waals surface area contributed by atoms with Crippen molar-refractivity contribution in [1.82, 2.24) is 9.55 Å². The highest BCUT2D eigenvalue weighted by atomic mass is 32.2. The van der Waals surface area contributed by atoms with Crippen LogP contribution in [0.3, 0.4) is 0 Å². The Hall–Kier alpha value is -1.46. The molecule has 0 radical (unpaired) electrons. The van der Waals surface area contributed by atoms with Crippen molar-refractivity contribution in [2.45, 2.75) is 12.1 Å². The van der Waals surface area contributed by atoms with Crippen LogP contribution in [0.1, 0.15) is 5.56 Å². The summed E-state index contributed by atoms with van der Waals surface area (Å²) in [4.78, 5) is 4.35. The third-order valence-electron chi connectivity index (χ3n) is 2.55. The molecule has 0 unspecified atom stereocenters. The Morgan fingerprint density at radius 3 is 3.00 bits per heavy atom. The van der Waals surface area contributed by atoms with E-state index < -0.39 is 0 Å². The molecule has 0 aliphatic carbocycles. The summed E-state index contributed by atoms with van der Waals surface area (Å²) in [6.07, 6.45) is 3.73. The van der Waals surface area contributed by atoms with Crippen LogP contribution in [0.5, 0.6) is 5.75 Å². The first-order chi connectivity index (χ1) is 8.76. The van der Waals surface area contributed by atoms with E-state index in [2.05, 4.69) is 18.0 Å². The van der Waals surface area contributed by atoms with Gasteiger partial charge in [0.2, 0.25) is 0 Å². The van der Waals surface area contributed by atoms with Crippen molar-refractivity contribution in [3.8, 4) is 11.4 Å². The Bertz CT molecular complexity index is 525. The molecule has 5 heteroatoms. The summed E-state index contributed by atoms with van der Waals surface area (Å²) in [6, 6.07) is 6.10. The maximum atomic E-state index is 5.53. The van der Waals surface area contributed by atoms with E-state index in [0.29, 0.717) is 6.54 Å². The maximum Gasteiger partial charge on any atom is 0.172 e. The lowest BCUT2D eigenvalue weighted by atomic mass is 10.2. The van der Waals surface area contributed by atoms with Crippen molar-refractivity contribution in [3.05, 3.63) is 36.2 Å². The normalized spacial score (nSPS) is 10.6. The van der Waals surface area contributed by atoms with Crippen LogP contribution in [0.2, 0.25) is 0 Å². The fourth-order valence-corrected chi connectivity index (χ4v) is 2.45. The zero-order chi connectivity index (χ0) is 13.0. The summed E-state index contributed by atoms with van der Waals surface area (Å²) < 4.78 is 7.43. The molecule has 0 bridgehead atoms. The van der Waals surface area contributed by atoms with Gasteiger partial charge in [0.1, 0.15) is 5.75 Å². The van der Waals surface area contributed by atoms with Crippen molar-refractivity contribution in [2.75, 3.05) is 19.4 Å². The Labute approximate surface area is 111 Å². The predicted molar refractivity (Wildman–Crippen MR) is 74.6 cm³/mol. The summed E-state index contributed by atoms with van der Waals surface area (Å²) in [5, 5.41) is 0.935. The van der Waals surface area contributed by atoms with E-state index in [1.807, 2.05) is 22.9 Å². The average molecular weight is 263 g/mol. The SMILES string of the molecule is COc1ccc(C)cc1-n1ccnc1SCCN. The van der Waals surface area contributed by atoms with Crippen molar-refractivity contribution >= 4 is 11.8 Å². The lowest BCUT2D eigenvalue weighted by Crippen LogP contribution is -2.04. The van der Waals surface area contributed by atoms with Gasteiger partial charge in [-0.2, -0.15) is 0 Å². The average Bonchev–Trinajstić information content (AvgIpc) is 2.84. The minimum absolute atomic E-state index is 0.641. The summed E-state index contributed by atoms with van der Waals surface area (Å²) in [5.41, 5.74) is 7.73. The van der Waals surface area contributed by atoms with E-state index in [0.717, 1.165) is 22.3 Å². The highest BCUT2D eigenvalue weighted by molar-refractivity contribution is 7.99. The minimum Gasteiger partial charge on any atom is -0.495 e. The maximum absolute atomic E-state index is 5.53. The molecule has 2 aromatic rings. The molecule has 4 nitrogen and oxygen atoms in total. The monoisotopic (exact) mass is 263 g/mol. The van der Waals surface area contributed by atoms with Crippen molar-refractivity contribution in [2.24, 2.45) is 5.73 Å². The van der Waals surface area contributed by atoms with E-state index in [9.17, 15) is 0 Å². The van der Waals surface area contributed by atoms with Gasteiger partial charge in [0.05, 0.1) is 12.8 Å². The van der Waals surface area contributed by atoms with Crippen molar-refractivity contribution in [1.29, 1.82) is 0 Å². The molecule has 0 atom stereocenters. The third kappa shape index (κ3) is 2.68. The standard InChI is InChI=1S/C13H17N3OS/c1-10-3-4-12(17-2)11(9-10)16-7-6-15-13(16)18-8-5-14/h3-4,6-7,9H,5,8,14H2,1-2H3. The van der Waals surface area contributed by atoms with Crippen molar-refractivity contribution in [3.63, 3.8) is 0 Å². The van der Waals surface area contributed by atoms with Gasteiger partial charge < -0.3 is 10.5 Å². The first-order valence-corrected chi connectivity index (χ1v) is 6.76. The van der Waals surface area contributed by atoms with Gasteiger partial charge in [0.25, 0.3) is 0 Å². The Morgan fingerprint density at radius 2 is 2.28 bits per heavy atom. The minimum atomic E-state index is 0.641. The third-order valence-corrected chi connectivity index (χ3v) is 3.55. The van der Waals surface area contributed by atoms with E-state index in [1.165, 1.54) is 5.56 Å². The molecule has 0 saturated carbocycles. The molecule has 1 aromatic heterocycles. The van der Waals surface area contributed by atoms with Gasteiger partial charge in [-0.05, 0) is 24.6 Å². The number of thioether (sulfide) groups is 1. The molecule has 1 heterocycles. The molecule has 0 aliphatic rings. The van der Waals surface area contributed by atoms with Gasteiger partial charge in [-0.3, -0.25) is 4.57 Å². The number of hydrogen-bond donors (Lipinski definition) is 1. The van der Waals surface area contributed by atoms with Crippen LogP contribution in [-0.4, -0.2) is 29.0 Å². The summed E-state index contributed by atoms with van der Waals surface area (Å²) in [5.74, 6) is 1.69. The highest BCUT2D eigenvalue weighted by Gasteiger charge is 2.10. The fraction of sp³-hybridized carbons (Fsp3) is 0.308. The second-order valence-electron chi connectivity index (χ2n) is 3.89. The number of methoxy groups -OCH3 is 1. The number of hydrogen-bond acceptors (Lipinski definition) is 4. The van der Waals surface area contributed by atoms with Crippen LogP contribution in [0.15, 0.2) is 35.7 Å². The lowest BCUT2D eigenvalue weighted by Gasteiger charge is -2.12. The smallest absolute Gasteiger partial charge is 0.172 e. The van der Waals surface area contributed by atoms with Crippen LogP contribution < -0.4 is 10.5 Å². The molecule has 1 aromatic carbocycles. The topological polar surface area (TPSA) is 53.1 Å². The Balaban J connectivity index is 2.41. The summed E-state index contributed by atoms with van der Waals surface area (Å²) in [7, 11) is 1.68. The molecular formula is C13H17N3OS. The van der Waals surface area contributed by atoms with E-state index >= 15 is 0 Å². The molecule has 0 aliphatic heterocycles. The first kappa shape index (κ1) is 13.0. The summed E-state index contributed by atoms with van der Waals surface area (Å²) >= 11 is 1.64. The van der Waals surface area contributed by atoms with Crippen LogP contribution in [0, 0.1) is 6.92 Å². The van der Waals surface area contributed by atoms with E-state index in [4.69, 9.17) is 10.5 Å². The number of aryl methyl sites for hydroxylation is 1. The zero-order valence-corrected chi connectivity index (χ0v) is 11.4. The molecule has 0 spiro atoms. The zero-order valence-electron chi connectivity index (χ0n) is 10.6. The van der Waals surface area contributed by atoms with Crippen LogP contribution in [-0.2, 0) is 0 Å². The molecular weight excluding hydrogens is 246 g/mol. The largest absolute Gasteiger partial charge is 0.495 e. The van der Waals surface area contributed by atoms with E-state index in [1.54, 1.807) is 25.1 Å². The molecule has 96 valence electrons. The van der Waals surface area contributed by atoms with Crippen LogP contribution >= 0.6 is 11.8 Å². The Kier molecular flexibility index (Phi) is 4.28. The molecule has 0 fully saturated rings. The van der Waals surface area contributed by atoms with Gasteiger partial charge in [0, 0.05) is 24.7 Å². The molecule has 18 heavy (non-hydrogen) atoms. The number of nitrogens with zero attached hydrogens (tertiary/aromatic N) is 2. The second-order valence-corrected chi connectivity index (χ2v) is 4.95. The second kappa shape index (κ2) is 5.93. The Morgan fingerprint density at radius 1 is 1.44 bits per heavy atom. The number of ether oxygens (including phenoxy) is 1. The van der Waals surface area contributed by atoms with E-state index in [-0.39, 0.29) is 0 Å². The molecule has 0 amide bonds. The van der Waals surface area contributed by atoms with Gasteiger partial charge in [0.15, 0.2) is 5.16 Å². The van der Waals surface area contributed by atoms with Gasteiger partial charge in [-0.15, -0.1) is 0 Å². The molecule has 0 saturated heterocycles. The van der Waals surface area contributed by atoms with Crippen LogP contribution in [0.25, 0.3) is 5.69 Å². The van der Waals surface area contributed by atoms with Crippen LogP contribution in [0.4, 0.5) is 0 Å². The lowest BCUT2D eigenvalue weighted by molar-refractivity contribution is 0.412. The number of imidazole rings is 1. The number of rotatable bonds is 5. The number of nitrogens with two attached hydrogens (primary N) is 1. The van der Waals surface area contributed by atoms with Crippen molar-refractivity contribution < 1.29 is 4.74 Å².